The van der Waals surface area contributed by atoms with Gasteiger partial charge in [-0.2, -0.15) is 0 Å². The maximum Gasteiger partial charge on any atom is 0.310 e. The summed E-state index contributed by atoms with van der Waals surface area (Å²) in [5.74, 6) is 0. The molecule has 0 saturated carbocycles. The maximum atomic E-state index is 11.7. The van der Waals surface area contributed by atoms with Crippen molar-refractivity contribution in [1.29, 1.82) is 0 Å². The average molecular weight is 299 g/mol. The Hall–Kier alpha value is -1.67. The largest absolute Gasteiger partial charge is 0.377 e. The lowest BCUT2D eigenvalue weighted by molar-refractivity contribution is -0.386. The van der Waals surface area contributed by atoms with E-state index in [4.69, 9.17) is 0 Å². The second-order valence-electron chi connectivity index (χ2n) is 4.85. The average Bonchev–Trinajstić information content (AvgIpc) is 2.38. The molecule has 7 nitrogen and oxygen atoms in total. The molecule has 1 aromatic rings. The summed E-state index contributed by atoms with van der Waals surface area (Å²) in [5, 5.41) is 17.5. The van der Waals surface area contributed by atoms with Crippen molar-refractivity contribution in [1.82, 2.24) is 5.32 Å². The van der Waals surface area contributed by atoms with E-state index in [1.165, 1.54) is 12.1 Å². The molecular weight excluding hydrogens is 282 g/mol. The molecule has 0 radical (unpaired) electrons. The molecule has 0 spiro atoms. The van der Waals surface area contributed by atoms with Crippen molar-refractivity contribution >= 4 is 21.2 Å². The lowest BCUT2D eigenvalue weighted by atomic mass is 10.1. The van der Waals surface area contributed by atoms with Gasteiger partial charge in [0.25, 0.3) is 0 Å². The number of benzene rings is 1. The van der Waals surface area contributed by atoms with Crippen molar-refractivity contribution in [2.75, 3.05) is 24.7 Å². The van der Waals surface area contributed by atoms with Crippen LogP contribution < -0.4 is 10.6 Å². The highest BCUT2D eigenvalue weighted by Gasteiger charge is 2.27. The summed E-state index contributed by atoms with van der Waals surface area (Å²) in [4.78, 5) is 10.3. The zero-order valence-electron chi connectivity index (χ0n) is 11.1. The monoisotopic (exact) mass is 299 g/mol. The number of sulfone groups is 1. The van der Waals surface area contributed by atoms with Crippen LogP contribution in [0.3, 0.4) is 0 Å². The molecular formula is C12H17N3O4S. The molecule has 1 fully saturated rings. The van der Waals surface area contributed by atoms with Crippen molar-refractivity contribution in [3.63, 3.8) is 0 Å². The van der Waals surface area contributed by atoms with Crippen molar-refractivity contribution in [3.8, 4) is 0 Å². The van der Waals surface area contributed by atoms with Crippen LogP contribution in [0.4, 0.5) is 11.4 Å². The van der Waals surface area contributed by atoms with Gasteiger partial charge in [0.2, 0.25) is 0 Å². The molecule has 2 rings (SSSR count). The van der Waals surface area contributed by atoms with E-state index in [1.54, 1.807) is 6.07 Å². The maximum absolute atomic E-state index is 11.7. The highest BCUT2D eigenvalue weighted by molar-refractivity contribution is 7.90. The number of anilines is 1. The van der Waals surface area contributed by atoms with Crippen LogP contribution in [0.2, 0.25) is 0 Å². The van der Waals surface area contributed by atoms with Gasteiger partial charge in [-0.05, 0) is 38.1 Å². The third-order valence-electron chi connectivity index (χ3n) is 3.28. The van der Waals surface area contributed by atoms with Crippen LogP contribution in [0.15, 0.2) is 23.1 Å². The SMILES string of the molecule is CS(=O)(=O)c1cccc(NC2CCNCC2)c1[N+](=O)[O-]. The standard InChI is InChI=1S/C12H17N3O4S/c1-20(18,19)11-4-2-3-10(12(11)15(16)17)14-9-5-7-13-8-6-9/h2-4,9,13-14H,5-8H2,1H3. The molecule has 1 heterocycles. The topological polar surface area (TPSA) is 101 Å². The van der Waals surface area contributed by atoms with Crippen molar-refractivity contribution in [2.24, 2.45) is 0 Å². The summed E-state index contributed by atoms with van der Waals surface area (Å²) in [7, 11) is -3.64. The molecule has 1 aliphatic rings. The number of nitrogens with zero attached hydrogens (tertiary/aromatic N) is 1. The first-order valence-electron chi connectivity index (χ1n) is 6.34. The van der Waals surface area contributed by atoms with E-state index in [-0.39, 0.29) is 22.3 Å². The first-order valence-corrected chi connectivity index (χ1v) is 8.23. The van der Waals surface area contributed by atoms with Gasteiger partial charge in [0.1, 0.15) is 10.6 Å². The van der Waals surface area contributed by atoms with Crippen molar-refractivity contribution in [2.45, 2.75) is 23.8 Å². The number of nitro groups is 1. The zero-order chi connectivity index (χ0) is 14.8. The summed E-state index contributed by atoms with van der Waals surface area (Å²) in [5.41, 5.74) is -0.0987. The Kier molecular flexibility index (Phi) is 4.24. The molecule has 0 atom stereocenters. The summed E-state index contributed by atoms with van der Waals surface area (Å²) >= 11 is 0. The second-order valence-corrected chi connectivity index (χ2v) is 6.83. The number of rotatable bonds is 4. The smallest absolute Gasteiger partial charge is 0.310 e. The Morgan fingerprint density at radius 3 is 2.55 bits per heavy atom. The molecule has 2 N–H and O–H groups in total. The summed E-state index contributed by atoms with van der Waals surface area (Å²) in [6, 6.07) is 4.45. The first kappa shape index (κ1) is 14.7. The molecule has 1 aromatic carbocycles. The molecule has 1 aliphatic heterocycles. The van der Waals surface area contributed by atoms with E-state index in [0.29, 0.717) is 0 Å². The number of nitrogens with one attached hydrogen (secondary N) is 2. The van der Waals surface area contributed by atoms with Crippen LogP contribution >= 0.6 is 0 Å². The molecule has 20 heavy (non-hydrogen) atoms. The predicted molar refractivity (Wildman–Crippen MR) is 75.7 cm³/mol. The number of hydrogen-bond acceptors (Lipinski definition) is 6. The molecule has 110 valence electrons. The normalized spacial score (nSPS) is 16.9. The van der Waals surface area contributed by atoms with E-state index < -0.39 is 14.8 Å². The fourth-order valence-electron chi connectivity index (χ4n) is 2.31. The molecule has 0 aliphatic carbocycles. The summed E-state index contributed by atoms with van der Waals surface area (Å²) < 4.78 is 23.3. The van der Waals surface area contributed by atoms with Gasteiger partial charge in [-0.15, -0.1) is 0 Å². The Morgan fingerprint density at radius 2 is 2.00 bits per heavy atom. The number of nitro benzene ring substituents is 1. The van der Waals surface area contributed by atoms with Gasteiger partial charge in [0, 0.05) is 12.3 Å². The van der Waals surface area contributed by atoms with Crippen LogP contribution in [-0.4, -0.2) is 38.7 Å². The van der Waals surface area contributed by atoms with E-state index in [9.17, 15) is 18.5 Å². The minimum absolute atomic E-state index is 0.116. The van der Waals surface area contributed by atoms with E-state index in [2.05, 4.69) is 10.6 Å². The fraction of sp³-hybridized carbons (Fsp3) is 0.500. The van der Waals surface area contributed by atoms with E-state index >= 15 is 0 Å². The zero-order valence-corrected chi connectivity index (χ0v) is 11.9. The minimum Gasteiger partial charge on any atom is -0.377 e. The Labute approximate surface area is 117 Å². The van der Waals surface area contributed by atoms with E-state index in [1.807, 2.05) is 0 Å². The third-order valence-corrected chi connectivity index (χ3v) is 4.41. The van der Waals surface area contributed by atoms with Crippen LogP contribution in [0.25, 0.3) is 0 Å². The first-order chi connectivity index (χ1) is 9.39. The highest BCUT2D eigenvalue weighted by atomic mass is 32.2. The molecule has 0 unspecified atom stereocenters. The van der Waals surface area contributed by atoms with Crippen molar-refractivity contribution < 1.29 is 13.3 Å². The lowest BCUT2D eigenvalue weighted by Crippen LogP contribution is -2.35. The minimum atomic E-state index is -3.64. The summed E-state index contributed by atoms with van der Waals surface area (Å²) in [6.45, 7) is 1.69. The molecule has 0 bridgehead atoms. The number of hydrogen-bond donors (Lipinski definition) is 2. The second kappa shape index (κ2) is 5.76. The molecule has 1 saturated heterocycles. The molecule has 8 heteroatoms. The van der Waals surface area contributed by atoms with Gasteiger partial charge >= 0.3 is 5.69 Å². The van der Waals surface area contributed by atoms with E-state index in [0.717, 1.165) is 32.2 Å². The number of piperidine rings is 1. The van der Waals surface area contributed by atoms with Crippen molar-refractivity contribution in [3.05, 3.63) is 28.3 Å². The van der Waals surface area contributed by atoms with Gasteiger partial charge < -0.3 is 10.6 Å². The Bertz CT molecular complexity index is 609. The highest BCUT2D eigenvalue weighted by Crippen LogP contribution is 2.32. The quantitative estimate of drug-likeness (QED) is 0.639. The number of para-hydroxylation sites is 1. The third kappa shape index (κ3) is 3.26. The van der Waals surface area contributed by atoms with Gasteiger partial charge in [-0.1, -0.05) is 6.07 Å². The van der Waals surface area contributed by atoms with Gasteiger partial charge in [-0.25, -0.2) is 8.42 Å². The van der Waals surface area contributed by atoms with Gasteiger partial charge in [0.05, 0.1) is 4.92 Å². The van der Waals surface area contributed by atoms with Crippen LogP contribution in [0.5, 0.6) is 0 Å². The Balaban J connectivity index is 2.39. The molecule has 0 amide bonds. The Morgan fingerprint density at radius 1 is 1.35 bits per heavy atom. The fourth-order valence-corrected chi connectivity index (χ4v) is 3.17. The van der Waals surface area contributed by atoms with Gasteiger partial charge in [0.15, 0.2) is 9.84 Å². The van der Waals surface area contributed by atoms with Crippen LogP contribution in [0, 0.1) is 10.1 Å². The summed E-state index contributed by atoms with van der Waals surface area (Å²) in [6.07, 6.45) is 2.67. The predicted octanol–water partition coefficient (Wildman–Crippen LogP) is 1.16. The lowest BCUT2D eigenvalue weighted by Gasteiger charge is -2.24. The van der Waals surface area contributed by atoms with Gasteiger partial charge in [-0.3, -0.25) is 10.1 Å². The molecule has 0 aromatic heterocycles. The van der Waals surface area contributed by atoms with Crippen LogP contribution in [0.1, 0.15) is 12.8 Å². The van der Waals surface area contributed by atoms with Crippen LogP contribution in [-0.2, 0) is 9.84 Å².